The molecule has 4 rings (SSSR count). The Morgan fingerprint density at radius 2 is 1.60 bits per heavy atom. The number of aryl methyl sites for hydroxylation is 1. The minimum absolute atomic E-state index is 0.0495. The fraction of sp³-hybridized carbons (Fsp3) is 0.659. The summed E-state index contributed by atoms with van der Waals surface area (Å²) in [6.45, 7) is 7.69. The molecule has 1 aromatic heterocycles. The van der Waals surface area contributed by atoms with Gasteiger partial charge in [0.2, 0.25) is 29.5 Å². The molecule has 2 aliphatic rings. The second-order valence-electron chi connectivity index (χ2n) is 18.3. The minimum Gasteiger partial charge on any atom is -0.480 e. The first kappa shape index (κ1) is 55.0. The maximum Gasteiger partial charge on any atom is 0.451 e. The number of thiazole rings is 1. The Morgan fingerprint density at radius 3 is 2.21 bits per heavy atom. The van der Waals surface area contributed by atoms with Crippen LogP contribution in [-0.4, -0.2) is 173 Å². The molecule has 3 heterocycles. The number of likely N-dealkylation sites (tertiary alicyclic amines) is 2. The summed E-state index contributed by atoms with van der Waals surface area (Å²) in [5.41, 5.74) is 14.5. The zero-order valence-electron chi connectivity index (χ0n) is 38.9. The van der Waals surface area contributed by atoms with Crippen molar-refractivity contribution in [1.29, 1.82) is 0 Å². The Hall–Kier alpha value is -4.59. The largest absolute Gasteiger partial charge is 0.480 e. The molecule has 11 N–H and O–H groups in total. The molecule has 5 amide bonds. The molecule has 23 heteroatoms. The van der Waals surface area contributed by atoms with Gasteiger partial charge in [0.15, 0.2) is 0 Å². The molecule has 0 radical (unpaired) electrons. The smallest absolute Gasteiger partial charge is 0.451 e. The van der Waals surface area contributed by atoms with Crippen LogP contribution in [-0.2, 0) is 49.5 Å². The summed E-state index contributed by atoms with van der Waals surface area (Å²) < 4.78 is 16.3. The fourth-order valence-electron chi connectivity index (χ4n) is 8.02. The number of β-amino-alcohol motifs (C(OH)–C–C–N with tert-alkyl or cyclic N) is 1. The molecule has 0 unspecified atom stereocenters. The number of unbranched alkanes of at least 4 members (excludes halogenated alkanes) is 1. The zero-order chi connectivity index (χ0) is 49.3. The zero-order valence-corrected chi connectivity index (χ0v) is 39.8. The van der Waals surface area contributed by atoms with Gasteiger partial charge in [0.1, 0.15) is 30.8 Å². The van der Waals surface area contributed by atoms with E-state index in [-0.39, 0.29) is 84.5 Å². The van der Waals surface area contributed by atoms with Crippen molar-refractivity contribution >= 4 is 54.0 Å². The number of rotatable bonds is 27. The van der Waals surface area contributed by atoms with E-state index in [0.717, 1.165) is 21.7 Å². The molecule has 0 saturated carbocycles. The van der Waals surface area contributed by atoms with E-state index >= 15 is 0 Å². The molecule has 0 spiro atoms. The minimum atomic E-state index is -1.65. The van der Waals surface area contributed by atoms with Crippen LogP contribution in [0.1, 0.15) is 70.6 Å². The average molecular weight is 961 g/mol. The normalized spacial score (nSPS) is 20.3. The van der Waals surface area contributed by atoms with E-state index < -0.39 is 77.8 Å². The average Bonchev–Trinajstić information content (AvgIpc) is 3.99. The van der Waals surface area contributed by atoms with Crippen LogP contribution in [0.5, 0.6) is 0 Å². The Labute approximate surface area is 395 Å². The summed E-state index contributed by atoms with van der Waals surface area (Å²) in [5.74, 6) is -3.97. The number of aromatic nitrogens is 1. The lowest BCUT2D eigenvalue weighted by Gasteiger charge is -2.35. The molecule has 2 saturated heterocycles. The highest BCUT2D eigenvalue weighted by atomic mass is 32.1. The highest BCUT2D eigenvalue weighted by Crippen LogP contribution is 2.32. The van der Waals surface area contributed by atoms with Crippen LogP contribution in [0, 0.1) is 18.3 Å². The van der Waals surface area contributed by atoms with E-state index in [9.17, 15) is 39.0 Å². The maximum absolute atomic E-state index is 13.9. The Morgan fingerprint density at radius 1 is 0.940 bits per heavy atom. The van der Waals surface area contributed by atoms with Crippen LogP contribution in [0.15, 0.2) is 29.8 Å². The number of nitrogens with zero attached hydrogens (tertiary/aromatic N) is 3. The number of hydrogen-bond acceptors (Lipinski definition) is 16. The summed E-state index contributed by atoms with van der Waals surface area (Å²) in [6.07, 6.45) is 1.26. The van der Waals surface area contributed by atoms with Gasteiger partial charge in [0.05, 0.1) is 54.7 Å². The second-order valence-corrected chi connectivity index (χ2v) is 19.1. The Balaban J connectivity index is 1.05. The number of nitrogens with one attached hydrogen (secondary N) is 3. The van der Waals surface area contributed by atoms with E-state index in [4.69, 9.17) is 35.7 Å². The number of amides is 5. The molecule has 372 valence electrons. The monoisotopic (exact) mass is 960 g/mol. The van der Waals surface area contributed by atoms with E-state index in [1.54, 1.807) is 37.6 Å². The second kappa shape index (κ2) is 26.2. The molecule has 67 heavy (non-hydrogen) atoms. The van der Waals surface area contributed by atoms with Gasteiger partial charge >= 0.3 is 13.1 Å². The molecule has 2 aromatic rings. The molecule has 0 bridgehead atoms. The molecule has 2 fully saturated rings. The van der Waals surface area contributed by atoms with Crippen molar-refractivity contribution in [3.8, 4) is 10.4 Å². The van der Waals surface area contributed by atoms with Crippen LogP contribution >= 0.6 is 11.3 Å². The quantitative estimate of drug-likeness (QED) is 0.0398. The Bertz CT molecular complexity index is 1950. The van der Waals surface area contributed by atoms with Crippen molar-refractivity contribution in [1.82, 2.24) is 30.7 Å². The number of carbonyl (C=O) groups excluding carboxylic acids is 5. The van der Waals surface area contributed by atoms with Gasteiger partial charge in [-0.15, -0.1) is 11.3 Å². The summed E-state index contributed by atoms with van der Waals surface area (Å²) in [6, 6.07) is 4.98. The van der Waals surface area contributed by atoms with Gasteiger partial charge in [-0.25, -0.2) is 4.98 Å². The highest BCUT2D eigenvalue weighted by molar-refractivity contribution is 7.13. The molecule has 21 nitrogen and oxygen atoms in total. The van der Waals surface area contributed by atoms with Gasteiger partial charge in [0, 0.05) is 45.1 Å². The number of nitrogens with two attached hydrogens (primary N) is 2. The van der Waals surface area contributed by atoms with Gasteiger partial charge < -0.3 is 71.7 Å². The third-order valence-corrected chi connectivity index (χ3v) is 12.8. The number of carboxylic acids is 1. The van der Waals surface area contributed by atoms with Crippen LogP contribution < -0.4 is 27.4 Å². The molecule has 2 aliphatic heterocycles. The van der Waals surface area contributed by atoms with Crippen molar-refractivity contribution in [2.24, 2.45) is 22.8 Å². The molecule has 0 aliphatic carbocycles. The van der Waals surface area contributed by atoms with Crippen molar-refractivity contribution in [2.75, 3.05) is 65.8 Å². The lowest BCUT2D eigenvalue weighted by molar-refractivity contribution is -0.144. The lowest BCUT2D eigenvalue weighted by Crippen LogP contribution is -2.58. The van der Waals surface area contributed by atoms with E-state index in [1.165, 1.54) is 9.80 Å². The van der Waals surface area contributed by atoms with E-state index in [2.05, 4.69) is 20.9 Å². The third-order valence-electron chi connectivity index (χ3n) is 11.8. The molecular weight excluding hydrogens is 891 g/mol. The predicted octanol–water partition coefficient (Wildman–Crippen LogP) is -0.615. The number of ether oxygens (including phenoxy) is 3. The summed E-state index contributed by atoms with van der Waals surface area (Å²) in [4.78, 5) is 85.3. The fourth-order valence-corrected chi connectivity index (χ4v) is 8.83. The number of aliphatic hydroxyl groups is 1. The topological polar surface area (TPSA) is 319 Å². The SMILES string of the molecule is Cc1ncsc1-c1ccc(CNC(=O)[C@@H]2C[C@@H](O)CN2C(=O)[C@@H](NC(=O)COCCOCCOCC(=O)NCCCC[C@H](N)C(=O)N2C[C@H](CCCB(O)O)[C@](N)(C(=O)O)C2)C(C)(C)C)cc1. The van der Waals surface area contributed by atoms with Crippen LogP contribution in [0.3, 0.4) is 0 Å². The Kier molecular flexibility index (Phi) is 21.6. The van der Waals surface area contributed by atoms with Crippen LogP contribution in [0.2, 0.25) is 6.32 Å². The standard InChI is InChI=1S/C44H69BN8O13S/c1-28-37(67-27-50-28)30-12-10-29(11-13-30)21-49-39(57)34-20-32(54)23-53(34)41(59)38(43(2,3)4)51-36(56)25-66-19-17-64-16-18-65-24-35(55)48-15-6-5-9-33(46)40(58)52-22-31(8-7-14-45(62)63)44(47,26-52)42(60)61/h10-13,27,31-34,38,54,62-63H,5-9,14-26,46-47H2,1-4H3,(H,48,55)(H,49,57)(H,51,56)(H,60,61)/t31-,32+,33-,34-,38+,44-/m0/s1. The number of carbonyl (C=O) groups is 6. The first-order chi connectivity index (χ1) is 31.7. The third kappa shape index (κ3) is 16.9. The summed E-state index contributed by atoms with van der Waals surface area (Å²) in [7, 11) is -1.51. The van der Waals surface area contributed by atoms with E-state index in [1.807, 2.05) is 31.2 Å². The first-order valence-electron chi connectivity index (χ1n) is 22.7. The number of hydrogen-bond donors (Lipinski definition) is 9. The lowest BCUT2D eigenvalue weighted by atomic mass is 9.78. The maximum atomic E-state index is 13.9. The van der Waals surface area contributed by atoms with E-state index in [0.29, 0.717) is 38.6 Å². The van der Waals surface area contributed by atoms with Gasteiger partial charge in [0.25, 0.3) is 0 Å². The van der Waals surface area contributed by atoms with Crippen molar-refractivity contribution in [2.45, 2.75) is 109 Å². The van der Waals surface area contributed by atoms with Gasteiger partial charge in [-0.1, -0.05) is 51.5 Å². The molecular formula is C44H69BN8O13S. The van der Waals surface area contributed by atoms with Crippen molar-refractivity contribution < 1.29 is 63.2 Å². The van der Waals surface area contributed by atoms with Gasteiger partial charge in [-0.2, -0.15) is 0 Å². The first-order valence-corrected chi connectivity index (χ1v) is 23.6. The number of carboxylic acid groups (broad SMARTS) is 1. The van der Waals surface area contributed by atoms with Gasteiger partial charge in [-0.05, 0) is 55.5 Å². The van der Waals surface area contributed by atoms with Crippen LogP contribution in [0.25, 0.3) is 10.4 Å². The number of aliphatic hydroxyl groups excluding tert-OH is 1. The van der Waals surface area contributed by atoms with Gasteiger partial charge in [-0.3, -0.25) is 28.8 Å². The summed E-state index contributed by atoms with van der Waals surface area (Å²) in [5, 5.41) is 46.8. The molecule has 6 atom stereocenters. The highest BCUT2D eigenvalue weighted by Gasteiger charge is 2.51. The number of aliphatic carboxylic acids is 1. The summed E-state index contributed by atoms with van der Waals surface area (Å²) >= 11 is 1.55. The van der Waals surface area contributed by atoms with Crippen LogP contribution in [0.4, 0.5) is 0 Å². The molecule has 1 aromatic carbocycles. The van der Waals surface area contributed by atoms with Crippen molar-refractivity contribution in [3.63, 3.8) is 0 Å². The number of benzene rings is 1. The predicted molar refractivity (Wildman–Crippen MR) is 248 cm³/mol. The van der Waals surface area contributed by atoms with Crippen molar-refractivity contribution in [3.05, 3.63) is 41.0 Å².